The molecular formula is C19H23N3O2. The van der Waals surface area contributed by atoms with Crippen LogP contribution in [0.15, 0.2) is 23.0 Å². The molecule has 0 saturated carbocycles. The van der Waals surface area contributed by atoms with Gasteiger partial charge in [0.05, 0.1) is 5.69 Å². The van der Waals surface area contributed by atoms with E-state index in [9.17, 15) is 9.59 Å². The SMILES string of the molecule is Cc1cccc(NC(=O)Cn2c(C)nc3c(c2=O)CCCC3)c1C. The van der Waals surface area contributed by atoms with Crippen molar-refractivity contribution in [3.8, 4) is 0 Å². The second-order valence-corrected chi connectivity index (χ2v) is 6.48. The number of rotatable bonds is 3. The van der Waals surface area contributed by atoms with E-state index in [4.69, 9.17) is 0 Å². The van der Waals surface area contributed by atoms with Gasteiger partial charge in [0.1, 0.15) is 12.4 Å². The van der Waals surface area contributed by atoms with Crippen LogP contribution in [0.3, 0.4) is 0 Å². The van der Waals surface area contributed by atoms with Gasteiger partial charge in [-0.2, -0.15) is 0 Å². The maximum Gasteiger partial charge on any atom is 0.257 e. The van der Waals surface area contributed by atoms with Gasteiger partial charge >= 0.3 is 0 Å². The minimum atomic E-state index is -0.202. The Labute approximate surface area is 141 Å². The van der Waals surface area contributed by atoms with E-state index in [1.54, 1.807) is 6.92 Å². The highest BCUT2D eigenvalue weighted by molar-refractivity contribution is 5.91. The molecule has 0 radical (unpaired) electrons. The molecule has 0 atom stereocenters. The van der Waals surface area contributed by atoms with Gasteiger partial charge in [-0.15, -0.1) is 0 Å². The van der Waals surface area contributed by atoms with E-state index in [1.807, 2.05) is 32.0 Å². The summed E-state index contributed by atoms with van der Waals surface area (Å²) in [6.07, 6.45) is 3.72. The van der Waals surface area contributed by atoms with Crippen LogP contribution in [0.5, 0.6) is 0 Å². The number of benzene rings is 1. The van der Waals surface area contributed by atoms with Crippen molar-refractivity contribution in [2.75, 3.05) is 5.32 Å². The average Bonchev–Trinajstić information content (AvgIpc) is 2.56. The van der Waals surface area contributed by atoms with Gasteiger partial charge in [-0.1, -0.05) is 12.1 Å². The summed E-state index contributed by atoms with van der Waals surface area (Å²) in [4.78, 5) is 29.7. The summed E-state index contributed by atoms with van der Waals surface area (Å²) in [5.74, 6) is 0.406. The zero-order chi connectivity index (χ0) is 17.3. The number of hydrogen-bond acceptors (Lipinski definition) is 3. The summed E-state index contributed by atoms with van der Waals surface area (Å²) in [6.45, 7) is 5.77. The van der Waals surface area contributed by atoms with Gasteiger partial charge in [-0.05, 0) is 63.6 Å². The first-order valence-corrected chi connectivity index (χ1v) is 8.42. The average molecular weight is 325 g/mol. The van der Waals surface area contributed by atoms with Gasteiger partial charge in [-0.3, -0.25) is 14.2 Å². The standard InChI is InChI=1S/C19H23N3O2/c1-12-7-6-10-16(13(12)2)21-18(23)11-22-14(3)20-17-9-5-4-8-15(17)19(22)24/h6-7,10H,4-5,8-9,11H2,1-3H3,(H,21,23). The molecule has 24 heavy (non-hydrogen) atoms. The van der Waals surface area contributed by atoms with Crippen LogP contribution in [-0.2, 0) is 24.2 Å². The van der Waals surface area contributed by atoms with Crippen LogP contribution in [0.25, 0.3) is 0 Å². The number of fused-ring (bicyclic) bond motifs is 1. The summed E-state index contributed by atoms with van der Waals surface area (Å²) < 4.78 is 1.49. The molecule has 0 fully saturated rings. The maximum atomic E-state index is 12.7. The van der Waals surface area contributed by atoms with E-state index < -0.39 is 0 Å². The highest BCUT2D eigenvalue weighted by Crippen LogP contribution is 2.18. The molecule has 0 unspecified atom stereocenters. The molecule has 5 heteroatoms. The Bertz CT molecular complexity index is 852. The normalized spacial score (nSPS) is 13.5. The van der Waals surface area contributed by atoms with Crippen molar-refractivity contribution in [3.05, 3.63) is 56.8 Å². The second-order valence-electron chi connectivity index (χ2n) is 6.48. The molecule has 1 heterocycles. The quantitative estimate of drug-likeness (QED) is 0.943. The number of amides is 1. The molecule has 0 spiro atoms. The molecule has 1 aliphatic carbocycles. The number of carbonyl (C=O) groups is 1. The minimum Gasteiger partial charge on any atom is -0.324 e. The van der Waals surface area contributed by atoms with Gasteiger partial charge in [0.15, 0.2) is 0 Å². The summed E-state index contributed by atoms with van der Waals surface area (Å²) in [5.41, 5.74) is 4.58. The van der Waals surface area contributed by atoms with Crippen molar-refractivity contribution in [3.63, 3.8) is 0 Å². The van der Waals surface area contributed by atoms with Gasteiger partial charge in [0, 0.05) is 11.3 Å². The third kappa shape index (κ3) is 3.11. The number of anilines is 1. The molecule has 1 aromatic carbocycles. The molecule has 5 nitrogen and oxygen atoms in total. The van der Waals surface area contributed by atoms with Crippen LogP contribution in [0.2, 0.25) is 0 Å². The first-order valence-electron chi connectivity index (χ1n) is 8.42. The molecule has 0 bridgehead atoms. The van der Waals surface area contributed by atoms with Gasteiger partial charge in [0.2, 0.25) is 5.91 Å². The summed E-state index contributed by atoms with van der Waals surface area (Å²) in [5, 5.41) is 2.91. The fourth-order valence-corrected chi connectivity index (χ4v) is 3.21. The van der Waals surface area contributed by atoms with Crippen LogP contribution in [0.1, 0.15) is 41.1 Å². The molecular weight excluding hydrogens is 302 g/mol. The maximum absolute atomic E-state index is 12.7. The lowest BCUT2D eigenvalue weighted by atomic mass is 9.97. The smallest absolute Gasteiger partial charge is 0.257 e. The van der Waals surface area contributed by atoms with Crippen molar-refractivity contribution >= 4 is 11.6 Å². The predicted molar refractivity (Wildman–Crippen MR) is 94.4 cm³/mol. The topological polar surface area (TPSA) is 64.0 Å². The Morgan fingerprint density at radius 3 is 2.75 bits per heavy atom. The number of aromatic nitrogens is 2. The highest BCUT2D eigenvalue weighted by atomic mass is 16.2. The van der Waals surface area contributed by atoms with Gasteiger partial charge < -0.3 is 5.32 Å². The molecule has 0 saturated heterocycles. The first kappa shape index (κ1) is 16.4. The fraction of sp³-hybridized carbons (Fsp3) is 0.421. The van der Waals surface area contributed by atoms with E-state index in [-0.39, 0.29) is 18.0 Å². The summed E-state index contributed by atoms with van der Waals surface area (Å²) >= 11 is 0. The molecule has 0 aliphatic heterocycles. The van der Waals surface area contributed by atoms with Crippen molar-refractivity contribution in [2.24, 2.45) is 0 Å². The molecule has 2 aromatic rings. The fourth-order valence-electron chi connectivity index (χ4n) is 3.21. The Balaban J connectivity index is 1.85. The Morgan fingerprint density at radius 2 is 1.96 bits per heavy atom. The zero-order valence-electron chi connectivity index (χ0n) is 14.5. The number of carbonyl (C=O) groups excluding carboxylic acids is 1. The number of nitrogens with one attached hydrogen (secondary N) is 1. The van der Waals surface area contributed by atoms with E-state index >= 15 is 0 Å². The van der Waals surface area contributed by atoms with Crippen LogP contribution < -0.4 is 10.9 Å². The molecule has 1 aromatic heterocycles. The first-order chi connectivity index (χ1) is 11.5. The molecule has 3 rings (SSSR count). The van der Waals surface area contributed by atoms with Crippen molar-refractivity contribution < 1.29 is 4.79 Å². The van der Waals surface area contributed by atoms with Crippen LogP contribution in [0.4, 0.5) is 5.69 Å². The molecule has 1 N–H and O–H groups in total. The van der Waals surface area contributed by atoms with Crippen LogP contribution >= 0.6 is 0 Å². The molecule has 126 valence electrons. The van der Waals surface area contributed by atoms with Crippen LogP contribution in [-0.4, -0.2) is 15.5 Å². The number of aryl methyl sites for hydroxylation is 3. The van der Waals surface area contributed by atoms with E-state index in [0.29, 0.717) is 5.82 Å². The number of nitrogens with zero attached hydrogens (tertiary/aromatic N) is 2. The van der Waals surface area contributed by atoms with E-state index in [2.05, 4.69) is 10.3 Å². The van der Waals surface area contributed by atoms with Crippen LogP contribution in [0, 0.1) is 20.8 Å². The van der Waals surface area contributed by atoms with E-state index in [0.717, 1.165) is 53.8 Å². The minimum absolute atomic E-state index is 0.00166. The van der Waals surface area contributed by atoms with Crippen molar-refractivity contribution in [1.82, 2.24) is 9.55 Å². The Hall–Kier alpha value is -2.43. The van der Waals surface area contributed by atoms with Gasteiger partial charge in [-0.25, -0.2) is 4.98 Å². The summed E-state index contributed by atoms with van der Waals surface area (Å²) in [6, 6.07) is 5.80. The Kier molecular flexibility index (Phi) is 4.51. The van der Waals surface area contributed by atoms with E-state index in [1.165, 1.54) is 4.57 Å². The molecule has 1 amide bonds. The Morgan fingerprint density at radius 1 is 1.21 bits per heavy atom. The largest absolute Gasteiger partial charge is 0.324 e. The lowest BCUT2D eigenvalue weighted by Gasteiger charge is -2.18. The zero-order valence-corrected chi connectivity index (χ0v) is 14.5. The van der Waals surface area contributed by atoms with Crippen molar-refractivity contribution in [2.45, 2.75) is 53.0 Å². The predicted octanol–water partition coefficient (Wildman–Crippen LogP) is 2.69. The molecule has 1 aliphatic rings. The summed E-state index contributed by atoms with van der Waals surface area (Å²) in [7, 11) is 0. The number of hydrogen-bond donors (Lipinski definition) is 1. The monoisotopic (exact) mass is 325 g/mol. The third-order valence-corrected chi connectivity index (χ3v) is 4.81. The van der Waals surface area contributed by atoms with Crippen molar-refractivity contribution in [1.29, 1.82) is 0 Å². The van der Waals surface area contributed by atoms with Gasteiger partial charge in [0.25, 0.3) is 5.56 Å². The highest BCUT2D eigenvalue weighted by Gasteiger charge is 2.19. The lowest BCUT2D eigenvalue weighted by Crippen LogP contribution is -2.34. The third-order valence-electron chi connectivity index (χ3n) is 4.81. The second kappa shape index (κ2) is 6.59. The lowest BCUT2D eigenvalue weighted by molar-refractivity contribution is -0.116.